The maximum atomic E-state index is 6.18. The van der Waals surface area contributed by atoms with E-state index < -0.39 is 0 Å². The van der Waals surface area contributed by atoms with Crippen LogP contribution >= 0.6 is 31.9 Å². The van der Waals surface area contributed by atoms with Crippen molar-refractivity contribution in [1.29, 1.82) is 0 Å². The van der Waals surface area contributed by atoms with E-state index in [1.807, 2.05) is 25.2 Å². The molecule has 16 heavy (non-hydrogen) atoms. The summed E-state index contributed by atoms with van der Waals surface area (Å²) in [6.07, 6.45) is 1.68. The molecular formula is C10H10Br2N4. The first-order chi connectivity index (χ1) is 7.59. The molecule has 2 aromatic rings. The highest BCUT2D eigenvalue weighted by Crippen LogP contribution is 2.28. The summed E-state index contributed by atoms with van der Waals surface area (Å²) in [4.78, 5) is 0. The fourth-order valence-electron chi connectivity index (χ4n) is 1.49. The van der Waals surface area contributed by atoms with Gasteiger partial charge in [-0.2, -0.15) is 0 Å². The van der Waals surface area contributed by atoms with Crippen LogP contribution in [0.5, 0.6) is 0 Å². The SMILES string of the molecule is Cn1nncc1C(N)c1cc(Br)ccc1Br. The lowest BCUT2D eigenvalue weighted by Gasteiger charge is -2.13. The van der Waals surface area contributed by atoms with Crippen LogP contribution in [0.2, 0.25) is 0 Å². The topological polar surface area (TPSA) is 56.7 Å². The third-order valence-electron chi connectivity index (χ3n) is 2.36. The molecule has 0 aliphatic carbocycles. The fraction of sp³-hybridized carbons (Fsp3) is 0.200. The average molecular weight is 346 g/mol. The highest BCUT2D eigenvalue weighted by atomic mass is 79.9. The van der Waals surface area contributed by atoms with Gasteiger partial charge in [0.25, 0.3) is 0 Å². The standard InChI is InChI=1S/C10H10Br2N4/c1-16-9(5-14-15-16)10(13)7-4-6(11)2-3-8(7)12/h2-5,10H,13H2,1H3. The molecule has 6 heteroatoms. The van der Waals surface area contributed by atoms with Crippen LogP contribution in [0.1, 0.15) is 17.3 Å². The molecule has 0 aliphatic rings. The number of hydrogen-bond donors (Lipinski definition) is 1. The molecule has 0 saturated heterocycles. The van der Waals surface area contributed by atoms with Gasteiger partial charge in [0, 0.05) is 16.0 Å². The van der Waals surface area contributed by atoms with Gasteiger partial charge >= 0.3 is 0 Å². The first kappa shape index (κ1) is 11.8. The van der Waals surface area contributed by atoms with Crippen LogP contribution in [0.3, 0.4) is 0 Å². The van der Waals surface area contributed by atoms with Crippen LogP contribution in [0, 0.1) is 0 Å². The summed E-state index contributed by atoms with van der Waals surface area (Å²) in [6.45, 7) is 0. The van der Waals surface area contributed by atoms with E-state index in [1.165, 1.54) is 0 Å². The molecule has 1 heterocycles. The summed E-state index contributed by atoms with van der Waals surface area (Å²) in [6, 6.07) is 5.67. The Hall–Kier alpha value is -0.720. The highest BCUT2D eigenvalue weighted by Gasteiger charge is 2.16. The lowest BCUT2D eigenvalue weighted by atomic mass is 10.1. The minimum Gasteiger partial charge on any atom is -0.319 e. The summed E-state index contributed by atoms with van der Waals surface area (Å²) in [5.41, 5.74) is 8.05. The summed E-state index contributed by atoms with van der Waals surface area (Å²) in [7, 11) is 1.83. The van der Waals surface area contributed by atoms with Gasteiger partial charge in [0.15, 0.2) is 0 Å². The number of nitrogens with zero attached hydrogens (tertiary/aromatic N) is 3. The van der Waals surface area contributed by atoms with Gasteiger partial charge in [-0.25, -0.2) is 0 Å². The molecule has 0 spiro atoms. The molecule has 1 atom stereocenters. The highest BCUT2D eigenvalue weighted by molar-refractivity contribution is 9.11. The molecule has 2 rings (SSSR count). The van der Waals surface area contributed by atoms with Gasteiger partial charge in [-0.3, -0.25) is 4.68 Å². The third kappa shape index (κ3) is 2.18. The number of benzene rings is 1. The van der Waals surface area contributed by atoms with Gasteiger partial charge in [0.05, 0.1) is 17.9 Å². The Morgan fingerprint density at radius 3 is 2.75 bits per heavy atom. The van der Waals surface area contributed by atoms with Gasteiger partial charge in [0.2, 0.25) is 0 Å². The Morgan fingerprint density at radius 1 is 1.38 bits per heavy atom. The van der Waals surface area contributed by atoms with Gasteiger partial charge in [0.1, 0.15) is 0 Å². The van der Waals surface area contributed by atoms with Crippen LogP contribution in [0.4, 0.5) is 0 Å². The van der Waals surface area contributed by atoms with Crippen LogP contribution in [0.25, 0.3) is 0 Å². The average Bonchev–Trinajstić information content (AvgIpc) is 2.67. The van der Waals surface area contributed by atoms with Crippen molar-refractivity contribution in [1.82, 2.24) is 15.0 Å². The third-order valence-corrected chi connectivity index (χ3v) is 3.58. The minimum absolute atomic E-state index is 0.244. The predicted molar refractivity (Wildman–Crippen MR) is 68.9 cm³/mol. The number of aromatic nitrogens is 3. The molecule has 1 unspecified atom stereocenters. The molecule has 0 saturated carbocycles. The predicted octanol–water partition coefficient (Wildman–Crippen LogP) is 2.39. The molecule has 0 radical (unpaired) electrons. The molecule has 84 valence electrons. The number of hydrogen-bond acceptors (Lipinski definition) is 3. The minimum atomic E-state index is -0.244. The van der Waals surface area contributed by atoms with Crippen LogP contribution in [0.15, 0.2) is 33.3 Å². The van der Waals surface area contributed by atoms with Gasteiger partial charge in [-0.15, -0.1) is 5.10 Å². The first-order valence-corrected chi connectivity index (χ1v) is 6.23. The van der Waals surface area contributed by atoms with Crippen molar-refractivity contribution in [2.75, 3.05) is 0 Å². The summed E-state index contributed by atoms with van der Waals surface area (Å²) >= 11 is 6.92. The normalized spacial score (nSPS) is 12.8. The van der Waals surface area contributed by atoms with E-state index in [2.05, 4.69) is 42.2 Å². The van der Waals surface area contributed by atoms with Crippen molar-refractivity contribution in [3.63, 3.8) is 0 Å². The smallest absolute Gasteiger partial charge is 0.0796 e. The van der Waals surface area contributed by atoms with E-state index in [-0.39, 0.29) is 6.04 Å². The summed E-state index contributed by atoms with van der Waals surface area (Å²) in [5, 5.41) is 7.70. The fourth-order valence-corrected chi connectivity index (χ4v) is 2.36. The van der Waals surface area contributed by atoms with Crippen molar-refractivity contribution < 1.29 is 0 Å². The Balaban J connectivity index is 2.45. The van der Waals surface area contributed by atoms with E-state index in [0.29, 0.717) is 0 Å². The maximum absolute atomic E-state index is 6.18. The van der Waals surface area contributed by atoms with Crippen LogP contribution < -0.4 is 5.73 Å². The second-order valence-electron chi connectivity index (χ2n) is 3.43. The van der Waals surface area contributed by atoms with E-state index in [1.54, 1.807) is 10.9 Å². The largest absolute Gasteiger partial charge is 0.319 e. The molecule has 0 bridgehead atoms. The lowest BCUT2D eigenvalue weighted by Crippen LogP contribution is -2.16. The summed E-state index contributed by atoms with van der Waals surface area (Å²) < 4.78 is 3.65. The first-order valence-electron chi connectivity index (χ1n) is 4.64. The van der Waals surface area contributed by atoms with Crippen LogP contribution in [-0.4, -0.2) is 15.0 Å². The van der Waals surface area contributed by atoms with E-state index >= 15 is 0 Å². The van der Waals surface area contributed by atoms with Crippen molar-refractivity contribution in [3.8, 4) is 0 Å². The van der Waals surface area contributed by atoms with Crippen LogP contribution in [-0.2, 0) is 7.05 Å². The Labute approximate surface area is 110 Å². The number of rotatable bonds is 2. The summed E-state index contributed by atoms with van der Waals surface area (Å²) in [5.74, 6) is 0. The monoisotopic (exact) mass is 344 g/mol. The van der Waals surface area contributed by atoms with E-state index in [0.717, 1.165) is 20.2 Å². The van der Waals surface area contributed by atoms with Crippen molar-refractivity contribution >= 4 is 31.9 Å². The van der Waals surface area contributed by atoms with Crippen molar-refractivity contribution in [2.45, 2.75) is 6.04 Å². The zero-order valence-corrected chi connectivity index (χ0v) is 11.7. The molecule has 0 aliphatic heterocycles. The van der Waals surface area contributed by atoms with E-state index in [4.69, 9.17) is 5.73 Å². The zero-order valence-electron chi connectivity index (χ0n) is 8.56. The quantitative estimate of drug-likeness (QED) is 0.909. The van der Waals surface area contributed by atoms with Gasteiger partial charge in [-0.1, -0.05) is 37.1 Å². The number of halogens is 2. The zero-order chi connectivity index (χ0) is 11.7. The van der Waals surface area contributed by atoms with Crippen molar-refractivity contribution in [2.24, 2.45) is 12.8 Å². The number of nitrogens with two attached hydrogens (primary N) is 1. The van der Waals surface area contributed by atoms with Gasteiger partial charge in [-0.05, 0) is 23.8 Å². The van der Waals surface area contributed by atoms with Crippen molar-refractivity contribution in [3.05, 3.63) is 44.6 Å². The Morgan fingerprint density at radius 2 is 2.12 bits per heavy atom. The Bertz CT molecular complexity index is 509. The molecule has 4 nitrogen and oxygen atoms in total. The second kappa shape index (κ2) is 4.65. The molecule has 0 amide bonds. The second-order valence-corrected chi connectivity index (χ2v) is 5.20. The molecule has 0 fully saturated rings. The molecule has 1 aromatic heterocycles. The lowest BCUT2D eigenvalue weighted by molar-refractivity contribution is 0.650. The molecular weight excluding hydrogens is 336 g/mol. The number of aryl methyl sites for hydroxylation is 1. The molecule has 2 N–H and O–H groups in total. The van der Waals surface area contributed by atoms with Gasteiger partial charge < -0.3 is 5.73 Å². The van der Waals surface area contributed by atoms with E-state index in [9.17, 15) is 0 Å². The Kier molecular flexibility index (Phi) is 3.41. The molecule has 1 aromatic carbocycles. The maximum Gasteiger partial charge on any atom is 0.0796 e.